The fourth-order valence-corrected chi connectivity index (χ4v) is 2.00. The Bertz CT molecular complexity index is 861. The molecule has 0 fully saturated rings. The van der Waals surface area contributed by atoms with E-state index in [0.717, 1.165) is 11.1 Å². The van der Waals surface area contributed by atoms with Crippen molar-refractivity contribution in [1.29, 1.82) is 0 Å². The Morgan fingerprint density at radius 2 is 1.03 bits per heavy atom. The lowest BCUT2D eigenvalue weighted by Gasteiger charge is -1.98. The molecule has 0 aliphatic heterocycles. The molecule has 0 bridgehead atoms. The highest BCUT2D eigenvalue weighted by Gasteiger charge is 1.96. The quantitative estimate of drug-likeness (QED) is 0.222. The molecule has 2 aromatic rings. The molecule has 0 saturated heterocycles. The molecule has 160 valence electrons. The average molecular weight is 465 g/mol. The maximum Gasteiger partial charge on any atom is 0.394 e. The number of aliphatic imine (C=N–C) groups is 2. The van der Waals surface area contributed by atoms with Crippen molar-refractivity contribution in [2.45, 2.75) is 13.1 Å². The van der Waals surface area contributed by atoms with Crippen LogP contribution in [0.25, 0.3) is 0 Å². The fourth-order valence-electron chi connectivity index (χ4n) is 1.61. The van der Waals surface area contributed by atoms with E-state index >= 15 is 0 Å². The Labute approximate surface area is 178 Å². The number of halogens is 2. The third-order valence-corrected chi connectivity index (χ3v) is 3.52. The SMILES string of the molecule is NC(N)=NCc1ccccc1Cl.NC(N)=NCc1ccccc1Cl.O=S(=O)(O)O. The fraction of sp³-hybridized carbons (Fsp3) is 0.125. The van der Waals surface area contributed by atoms with Gasteiger partial charge in [0.1, 0.15) is 0 Å². The Hall–Kier alpha value is -2.57. The van der Waals surface area contributed by atoms with E-state index in [4.69, 9.17) is 63.7 Å². The zero-order chi connectivity index (χ0) is 22.4. The summed E-state index contributed by atoms with van der Waals surface area (Å²) in [5.41, 5.74) is 22.5. The number of hydrogen-bond donors (Lipinski definition) is 6. The molecule has 0 atom stereocenters. The highest BCUT2D eigenvalue weighted by atomic mass is 35.5. The lowest BCUT2D eigenvalue weighted by molar-refractivity contribution is 0.381. The van der Waals surface area contributed by atoms with E-state index in [-0.39, 0.29) is 11.9 Å². The molecule has 0 aliphatic rings. The second kappa shape index (κ2) is 13.6. The van der Waals surface area contributed by atoms with Gasteiger partial charge in [-0.1, -0.05) is 59.6 Å². The molecule has 2 aromatic carbocycles. The first-order valence-corrected chi connectivity index (χ1v) is 9.83. The molecule has 10 nitrogen and oxygen atoms in total. The van der Waals surface area contributed by atoms with Gasteiger partial charge >= 0.3 is 10.4 Å². The van der Waals surface area contributed by atoms with E-state index in [0.29, 0.717) is 23.1 Å². The molecule has 10 N–H and O–H groups in total. The van der Waals surface area contributed by atoms with Crippen molar-refractivity contribution in [2.75, 3.05) is 0 Å². The molecule has 13 heteroatoms. The molecule has 29 heavy (non-hydrogen) atoms. The number of rotatable bonds is 4. The van der Waals surface area contributed by atoms with Crippen LogP contribution >= 0.6 is 23.2 Å². The van der Waals surface area contributed by atoms with Crippen LogP contribution in [0.15, 0.2) is 58.5 Å². The Balaban J connectivity index is 0.000000442. The summed E-state index contributed by atoms with van der Waals surface area (Å²) in [5, 5.41) is 1.37. The minimum absolute atomic E-state index is 0.0786. The third kappa shape index (κ3) is 16.1. The van der Waals surface area contributed by atoms with E-state index < -0.39 is 10.4 Å². The van der Waals surface area contributed by atoms with Gasteiger partial charge in [0, 0.05) is 10.0 Å². The van der Waals surface area contributed by atoms with Crippen molar-refractivity contribution in [3.8, 4) is 0 Å². The van der Waals surface area contributed by atoms with E-state index in [1.807, 2.05) is 36.4 Å². The van der Waals surface area contributed by atoms with Gasteiger partial charge in [-0.05, 0) is 23.3 Å². The van der Waals surface area contributed by atoms with Crippen LogP contribution in [0.3, 0.4) is 0 Å². The first-order chi connectivity index (χ1) is 13.4. The van der Waals surface area contributed by atoms with Gasteiger partial charge < -0.3 is 22.9 Å². The Morgan fingerprint density at radius 3 is 1.28 bits per heavy atom. The molecule has 0 heterocycles. The molecule has 2 rings (SSSR count). The molecule has 0 aliphatic carbocycles. The van der Waals surface area contributed by atoms with Crippen molar-refractivity contribution < 1.29 is 17.5 Å². The lowest BCUT2D eigenvalue weighted by Crippen LogP contribution is -2.22. The second-order valence-corrected chi connectivity index (χ2v) is 6.82. The van der Waals surface area contributed by atoms with Crippen LogP contribution in [-0.2, 0) is 23.5 Å². The van der Waals surface area contributed by atoms with Gasteiger partial charge in [-0.3, -0.25) is 9.11 Å². The Kier molecular flexibility index (Phi) is 12.4. The first kappa shape index (κ1) is 26.4. The number of guanidine groups is 2. The number of benzene rings is 2. The van der Waals surface area contributed by atoms with Crippen LogP contribution in [-0.4, -0.2) is 29.4 Å². The molecule has 0 saturated carbocycles. The maximum atomic E-state index is 8.74. The molecule has 0 unspecified atom stereocenters. The van der Waals surface area contributed by atoms with Crippen molar-refractivity contribution >= 4 is 45.5 Å². The highest BCUT2D eigenvalue weighted by Crippen LogP contribution is 2.16. The molecular weight excluding hydrogens is 443 g/mol. The van der Waals surface area contributed by atoms with Gasteiger partial charge in [-0.2, -0.15) is 8.42 Å². The summed E-state index contributed by atoms with van der Waals surface area (Å²) < 4.78 is 31.6. The number of nitrogens with two attached hydrogens (primary N) is 4. The molecule has 0 spiro atoms. The van der Waals surface area contributed by atoms with Gasteiger partial charge in [0.25, 0.3) is 0 Å². The summed E-state index contributed by atoms with van der Waals surface area (Å²) in [6.45, 7) is 0.865. The number of hydrogen-bond acceptors (Lipinski definition) is 4. The van der Waals surface area contributed by atoms with Crippen LogP contribution in [0.4, 0.5) is 0 Å². The third-order valence-electron chi connectivity index (χ3n) is 2.78. The minimum Gasteiger partial charge on any atom is -0.370 e. The van der Waals surface area contributed by atoms with Crippen molar-refractivity contribution in [2.24, 2.45) is 32.9 Å². The number of nitrogens with zero attached hydrogens (tertiary/aromatic N) is 2. The van der Waals surface area contributed by atoms with Crippen LogP contribution in [0.1, 0.15) is 11.1 Å². The van der Waals surface area contributed by atoms with Crippen molar-refractivity contribution in [3.63, 3.8) is 0 Å². The van der Waals surface area contributed by atoms with Gasteiger partial charge in [0.15, 0.2) is 11.9 Å². The predicted octanol–water partition coefficient (Wildman–Crippen LogP) is 1.57. The maximum absolute atomic E-state index is 8.74. The molecule has 0 aromatic heterocycles. The summed E-state index contributed by atoms with van der Waals surface area (Å²) in [7, 11) is -4.67. The predicted molar refractivity (Wildman–Crippen MR) is 116 cm³/mol. The monoisotopic (exact) mass is 464 g/mol. The van der Waals surface area contributed by atoms with Crippen LogP contribution in [0.5, 0.6) is 0 Å². The van der Waals surface area contributed by atoms with Gasteiger partial charge in [-0.25, -0.2) is 9.98 Å². The van der Waals surface area contributed by atoms with E-state index in [1.165, 1.54) is 0 Å². The van der Waals surface area contributed by atoms with Gasteiger partial charge in [0.2, 0.25) is 0 Å². The topological polar surface area (TPSA) is 203 Å². The summed E-state index contributed by atoms with van der Waals surface area (Å²) >= 11 is 11.7. The van der Waals surface area contributed by atoms with Crippen LogP contribution < -0.4 is 22.9 Å². The van der Waals surface area contributed by atoms with E-state index in [1.54, 1.807) is 12.1 Å². The Morgan fingerprint density at radius 1 is 0.759 bits per heavy atom. The van der Waals surface area contributed by atoms with Gasteiger partial charge in [-0.15, -0.1) is 0 Å². The summed E-state index contributed by atoms with van der Waals surface area (Å²) in [6.07, 6.45) is 0. The summed E-state index contributed by atoms with van der Waals surface area (Å²) in [6, 6.07) is 14.9. The van der Waals surface area contributed by atoms with Crippen molar-refractivity contribution in [3.05, 3.63) is 69.7 Å². The molecular formula is C16H22Cl2N6O4S. The normalized spacial score (nSPS) is 9.79. The molecule has 0 radical (unpaired) electrons. The smallest absolute Gasteiger partial charge is 0.370 e. The first-order valence-electron chi connectivity index (χ1n) is 7.67. The molecule has 0 amide bonds. The lowest BCUT2D eigenvalue weighted by atomic mass is 10.2. The largest absolute Gasteiger partial charge is 0.394 e. The van der Waals surface area contributed by atoms with Gasteiger partial charge in [0.05, 0.1) is 13.1 Å². The summed E-state index contributed by atoms with van der Waals surface area (Å²) in [5.74, 6) is 0.157. The van der Waals surface area contributed by atoms with Crippen LogP contribution in [0, 0.1) is 0 Å². The van der Waals surface area contributed by atoms with Crippen LogP contribution in [0.2, 0.25) is 10.0 Å². The van der Waals surface area contributed by atoms with E-state index in [2.05, 4.69) is 9.98 Å². The average Bonchev–Trinajstić information content (AvgIpc) is 2.59. The zero-order valence-corrected chi connectivity index (χ0v) is 17.4. The zero-order valence-electron chi connectivity index (χ0n) is 15.1. The standard InChI is InChI=1S/2C8H10ClN3.H2O4S/c2*9-7-4-2-1-3-6(7)5-12-8(10)11;1-5(2,3)4/h2*1-4H,5H2,(H4,10,11,12);(H2,1,2,3,4). The highest BCUT2D eigenvalue weighted by molar-refractivity contribution is 7.79. The minimum atomic E-state index is -4.67. The summed E-state index contributed by atoms with van der Waals surface area (Å²) in [4.78, 5) is 7.69. The van der Waals surface area contributed by atoms with E-state index in [9.17, 15) is 0 Å². The van der Waals surface area contributed by atoms with Crippen molar-refractivity contribution in [1.82, 2.24) is 0 Å². The second-order valence-electron chi connectivity index (χ2n) is 5.11.